The lowest BCUT2D eigenvalue weighted by Crippen LogP contribution is -2.03. The van der Waals surface area contributed by atoms with Crippen LogP contribution in [0.2, 0.25) is 0 Å². The molecular weight excluding hydrogens is 1800 g/mol. The number of fused-ring (bicyclic) bond motifs is 5. The first-order valence-electron chi connectivity index (χ1n) is 48.0. The summed E-state index contributed by atoms with van der Waals surface area (Å²) in [6.45, 7) is 4.14. The van der Waals surface area contributed by atoms with Crippen molar-refractivity contribution >= 4 is 28.2 Å². The minimum absolute atomic E-state index is 0.0785. The van der Waals surface area contributed by atoms with Crippen LogP contribution in [0.1, 0.15) is 167 Å². The lowest BCUT2D eigenvalue weighted by Gasteiger charge is -2.12. The number of hydrogen-bond acceptors (Lipinski definition) is 21. The average molecular weight is 1910 g/mol. The van der Waals surface area contributed by atoms with E-state index < -0.39 is 0 Å². The van der Waals surface area contributed by atoms with Crippen molar-refractivity contribution in [1.82, 2.24) is 90.9 Å². The standard InChI is InChI=1S/C24H21N5O2.C24H21N5O.C24H23N3O2.C22H19N3O2.C22H21N3O2/c1-28-12-11-25-22(28)14-20-24(31)29-15-21(17-7-9-18(30)10-8-17)26-19(23(29)27-20)13-16-5-3-2-4-6-16;1-28-13-12-25-22(28)15-20-24(30)29-16-21(18-10-6-3-7-11-18)26-19(23(29)27-20)14-17-8-4-2-5-9-17;28-19-12-10-16(11-13-19)14-20-24(29)27-15-21(17-6-2-1-3-7-17)25-22(23(27)26-20)18-8-4-5-9-18;26-17-10-6-14(7-11-17)12-18-22(27)25-13-19(15-4-2-1-3-5-15)23-20(16-8-9-16)21(25)24-18;1-14(2)20-21-24-18(12-15-8-10-17(26)11-9-15)22(27)25(21)13-19(23-20)16-6-4-3-5-7-16/h2-12,15,30-31H,13-14H2,1H3;2-13,16,30H,14-15H2,1H3;1-3,6-7,10-13,15,18,28-29H,4-5,8-9,14H2;1-7,10-11,13,16,26-27H,8-9,12H2;3-11,13-14,26-27H,12H2,1-2H3. The van der Waals surface area contributed by atoms with E-state index in [9.17, 15) is 46.0 Å². The molecule has 2 aliphatic rings. The molecule has 12 heterocycles. The molecule has 0 saturated heterocycles. The Morgan fingerprint density at radius 3 is 0.833 bits per heavy atom. The normalized spacial score (nSPS) is 12.5. The second kappa shape index (κ2) is 41.5. The average Bonchev–Trinajstić information content (AvgIpc) is 1.63. The van der Waals surface area contributed by atoms with Crippen LogP contribution in [0.4, 0.5) is 0 Å². The van der Waals surface area contributed by atoms with Crippen molar-refractivity contribution in [1.29, 1.82) is 0 Å². The number of aryl methyl sites for hydroxylation is 2. The minimum atomic E-state index is 0.0785. The first-order valence-corrected chi connectivity index (χ1v) is 48.0. The van der Waals surface area contributed by atoms with Crippen molar-refractivity contribution in [2.24, 2.45) is 14.1 Å². The third kappa shape index (κ3) is 20.8. The molecule has 0 aliphatic heterocycles. The van der Waals surface area contributed by atoms with E-state index in [4.69, 9.17) is 44.9 Å². The van der Waals surface area contributed by atoms with Crippen LogP contribution in [-0.2, 0) is 59.0 Å². The van der Waals surface area contributed by atoms with Gasteiger partial charge in [0.2, 0.25) is 29.4 Å². The van der Waals surface area contributed by atoms with Gasteiger partial charge in [-0.25, -0.2) is 59.8 Å². The van der Waals surface area contributed by atoms with Crippen molar-refractivity contribution < 1.29 is 46.0 Å². The number of imidazole rings is 7. The number of phenols is 4. The summed E-state index contributed by atoms with van der Waals surface area (Å²) >= 11 is 0. The van der Waals surface area contributed by atoms with Gasteiger partial charge in [0.25, 0.3) is 0 Å². The molecule has 28 nitrogen and oxygen atoms in total. The van der Waals surface area contributed by atoms with Crippen molar-refractivity contribution in [3.05, 3.63) is 431 Å². The third-order valence-electron chi connectivity index (χ3n) is 26.0. The Bertz CT molecular complexity index is 8080. The molecule has 0 radical (unpaired) electrons. The number of hydrogen-bond donors (Lipinski definition) is 9. The van der Waals surface area contributed by atoms with Gasteiger partial charge in [0.1, 0.15) is 63.1 Å². The Morgan fingerprint density at radius 2 is 0.514 bits per heavy atom. The highest BCUT2D eigenvalue weighted by Gasteiger charge is 2.32. The van der Waals surface area contributed by atoms with Gasteiger partial charge >= 0.3 is 0 Å². The second-order valence-corrected chi connectivity index (χ2v) is 36.6. The van der Waals surface area contributed by atoms with Gasteiger partial charge in [-0.05, 0) is 120 Å². The van der Waals surface area contributed by atoms with Crippen LogP contribution in [0.25, 0.3) is 84.5 Å². The predicted molar refractivity (Wildman–Crippen MR) is 553 cm³/mol. The zero-order chi connectivity index (χ0) is 99.0. The summed E-state index contributed by atoms with van der Waals surface area (Å²) in [6.07, 6.45) is 26.8. The van der Waals surface area contributed by atoms with Crippen LogP contribution in [0.5, 0.6) is 52.4 Å². The van der Waals surface area contributed by atoms with Gasteiger partial charge in [-0.3, -0.25) is 22.0 Å². The van der Waals surface area contributed by atoms with E-state index in [1.165, 1.54) is 12.8 Å². The van der Waals surface area contributed by atoms with Gasteiger partial charge in [0.15, 0.2) is 28.2 Å². The molecule has 28 heteroatoms. The molecule has 10 aromatic carbocycles. The Kier molecular flexibility index (Phi) is 27.0. The van der Waals surface area contributed by atoms with Crippen molar-refractivity contribution in [3.63, 3.8) is 0 Å². The van der Waals surface area contributed by atoms with Crippen molar-refractivity contribution in [2.75, 3.05) is 0 Å². The zero-order valence-corrected chi connectivity index (χ0v) is 79.7. The van der Waals surface area contributed by atoms with E-state index in [1.807, 2.05) is 267 Å². The van der Waals surface area contributed by atoms with Crippen LogP contribution in [-0.4, -0.2) is 137 Å². The highest BCUT2D eigenvalue weighted by Crippen LogP contribution is 2.44. The van der Waals surface area contributed by atoms with Crippen molar-refractivity contribution in [2.45, 2.75) is 115 Å². The monoisotopic (exact) mass is 1910 g/mol. The van der Waals surface area contributed by atoms with Gasteiger partial charge in [-0.2, -0.15) is 0 Å². The van der Waals surface area contributed by atoms with Crippen molar-refractivity contribution in [3.8, 4) is 109 Å². The lowest BCUT2D eigenvalue weighted by molar-refractivity contribution is 0.441. The molecule has 2 fully saturated rings. The van der Waals surface area contributed by atoms with Crippen LogP contribution < -0.4 is 0 Å². The van der Waals surface area contributed by atoms with Gasteiger partial charge in [0, 0.05) is 142 Å². The summed E-state index contributed by atoms with van der Waals surface area (Å²) in [5.41, 5.74) is 24.9. The maximum atomic E-state index is 11.0. The summed E-state index contributed by atoms with van der Waals surface area (Å²) in [6, 6.07) is 88.0. The van der Waals surface area contributed by atoms with E-state index in [0.29, 0.717) is 108 Å². The fourth-order valence-corrected chi connectivity index (χ4v) is 18.1. The fraction of sp³-hybridized carbons (Fsp3) is 0.172. The molecular formula is C116H105N19O9. The summed E-state index contributed by atoms with van der Waals surface area (Å²) in [5, 5.41) is 92.6. The molecule has 2 aliphatic carbocycles. The smallest absolute Gasteiger partial charge is 0.219 e. The predicted octanol–water partition coefficient (Wildman–Crippen LogP) is 21.6. The van der Waals surface area contributed by atoms with Gasteiger partial charge < -0.3 is 55.1 Å². The highest BCUT2D eigenvalue weighted by atomic mass is 16.3. The summed E-state index contributed by atoms with van der Waals surface area (Å²) < 4.78 is 12.5. The molecule has 2 saturated carbocycles. The number of nitrogens with zero attached hydrogens (tertiary/aromatic N) is 19. The molecule has 0 unspecified atom stereocenters. The van der Waals surface area contributed by atoms with Crippen LogP contribution in [0.15, 0.2) is 335 Å². The number of benzene rings is 10. The van der Waals surface area contributed by atoms with E-state index in [2.05, 4.69) is 40.9 Å². The molecule has 9 N–H and O–H groups in total. The Balaban J connectivity index is 0.000000110. The lowest BCUT2D eigenvalue weighted by atomic mass is 10.0. The molecule has 144 heavy (non-hydrogen) atoms. The van der Waals surface area contributed by atoms with E-state index >= 15 is 0 Å². The molecule has 0 amide bonds. The molecule has 718 valence electrons. The number of rotatable bonds is 22. The van der Waals surface area contributed by atoms with E-state index in [-0.39, 0.29) is 58.3 Å². The molecule has 0 spiro atoms. The largest absolute Gasteiger partial charge is 0.508 e. The molecule has 12 aromatic heterocycles. The molecule has 22 aromatic rings. The SMILES string of the molecule is CC(C)c1nc(-c2ccccc2)cn2c(O)c(Cc3ccc(O)cc3)nc12.Cn1ccnc1Cc1nc2c(Cc3ccccc3)nc(-c3ccc(O)cc3)cn2c1O.Cn1ccnc1Cc1nc2c(Cc3ccccc3)nc(-c3ccccc3)cn2c1O.Oc1ccc(Cc2nc3c(C4CC4)nc(-c4ccccc4)cn3c2O)cc1.Oc1ccc(Cc2nc3c(C4CCCC4)nc(-c4ccccc4)cn3c2O)cc1. The maximum Gasteiger partial charge on any atom is 0.219 e. The van der Waals surface area contributed by atoms with E-state index in [0.717, 1.165) is 156 Å². The first-order chi connectivity index (χ1) is 70.2. The summed E-state index contributed by atoms with van der Waals surface area (Å²) in [4.78, 5) is 56.9. The van der Waals surface area contributed by atoms with Crippen LogP contribution in [0, 0.1) is 0 Å². The number of phenolic OH excluding ortho intramolecular Hbond substituents is 4. The Hall–Kier alpha value is -18.1. The van der Waals surface area contributed by atoms with Crippen LogP contribution in [0.3, 0.4) is 0 Å². The minimum Gasteiger partial charge on any atom is -0.508 e. The third-order valence-corrected chi connectivity index (χ3v) is 26.0. The second-order valence-electron chi connectivity index (χ2n) is 36.6. The Morgan fingerprint density at radius 1 is 0.257 bits per heavy atom. The Labute approximate surface area is 829 Å². The maximum absolute atomic E-state index is 11.0. The molecule has 0 atom stereocenters. The number of aromatic hydroxyl groups is 9. The first kappa shape index (κ1) is 93.6. The highest BCUT2D eigenvalue weighted by molar-refractivity contribution is 5.70. The summed E-state index contributed by atoms with van der Waals surface area (Å²) in [7, 11) is 3.85. The molecule has 0 bridgehead atoms. The topological polar surface area (TPSA) is 369 Å². The number of aromatic nitrogens is 19. The van der Waals surface area contributed by atoms with Gasteiger partial charge in [0.05, 0.1) is 69.8 Å². The van der Waals surface area contributed by atoms with E-state index in [1.54, 1.807) is 101 Å². The summed E-state index contributed by atoms with van der Waals surface area (Å²) in [5.74, 6) is 4.13. The van der Waals surface area contributed by atoms with Gasteiger partial charge in [-0.1, -0.05) is 245 Å². The quantitative estimate of drug-likeness (QED) is 0.0304. The molecule has 24 rings (SSSR count). The van der Waals surface area contributed by atoms with Gasteiger partial charge in [-0.15, -0.1) is 0 Å². The zero-order valence-electron chi connectivity index (χ0n) is 79.7. The van der Waals surface area contributed by atoms with Crippen LogP contribution >= 0.6 is 0 Å². The fourth-order valence-electron chi connectivity index (χ4n) is 18.1.